The highest BCUT2D eigenvalue weighted by Gasteiger charge is 2.39. The molecule has 1 amide bonds. The summed E-state index contributed by atoms with van der Waals surface area (Å²) in [6.45, 7) is 1.39. The molecule has 0 aromatic heterocycles. The number of nitrogens with one attached hydrogen (secondary N) is 1. The number of sulfone groups is 1. The molecule has 0 heterocycles. The van der Waals surface area contributed by atoms with Crippen molar-refractivity contribution in [1.82, 2.24) is 5.32 Å². The van der Waals surface area contributed by atoms with Gasteiger partial charge in [0, 0.05) is 9.61 Å². The molecule has 0 aliphatic heterocycles. The van der Waals surface area contributed by atoms with Crippen molar-refractivity contribution in [2.24, 2.45) is 0 Å². The molecule has 0 aliphatic rings. The summed E-state index contributed by atoms with van der Waals surface area (Å²) in [7, 11) is -4.12. The van der Waals surface area contributed by atoms with Crippen molar-refractivity contribution in [3.8, 4) is 0 Å². The van der Waals surface area contributed by atoms with Gasteiger partial charge in [-0.15, -0.1) is 0 Å². The second-order valence-electron chi connectivity index (χ2n) is 6.17. The third-order valence-corrected chi connectivity index (χ3v) is 6.35. The van der Waals surface area contributed by atoms with Crippen LogP contribution < -0.4 is 5.32 Å². The van der Waals surface area contributed by atoms with E-state index in [1.165, 1.54) is 49.4 Å². The molecule has 0 saturated carbocycles. The molecular weight excluding hydrogens is 526 g/mol. The van der Waals surface area contributed by atoms with Crippen molar-refractivity contribution in [2.75, 3.05) is 0 Å². The van der Waals surface area contributed by atoms with Crippen LogP contribution in [-0.2, 0) is 21.1 Å². The minimum atomic E-state index is -4.98. The minimum absolute atomic E-state index is 0.0474. The van der Waals surface area contributed by atoms with E-state index in [4.69, 9.17) is 0 Å². The number of alkyl halides is 3. The quantitative estimate of drug-likeness (QED) is 0.547. The molecule has 0 unspecified atom stereocenters. The Morgan fingerprint density at radius 3 is 2.24 bits per heavy atom. The van der Waals surface area contributed by atoms with Crippen molar-refractivity contribution in [1.29, 1.82) is 0 Å². The predicted molar refractivity (Wildman–Crippen MR) is 105 cm³/mol. The first-order valence-corrected chi connectivity index (χ1v) is 10.6. The van der Waals surface area contributed by atoms with E-state index in [0.29, 0.717) is 9.13 Å². The van der Waals surface area contributed by atoms with Crippen molar-refractivity contribution < 1.29 is 36.3 Å². The van der Waals surface area contributed by atoms with Gasteiger partial charge in [-0.2, -0.15) is 13.2 Å². The Kier molecular flexibility index (Phi) is 6.93. The Morgan fingerprint density at radius 2 is 1.72 bits per heavy atom. The van der Waals surface area contributed by atoms with Gasteiger partial charge in [0.1, 0.15) is 0 Å². The molecule has 11 heteroatoms. The summed E-state index contributed by atoms with van der Waals surface area (Å²) >= 11 is 1.87. The number of aromatic carboxylic acids is 1. The average Bonchev–Trinajstić information content (AvgIpc) is 2.60. The zero-order valence-corrected chi connectivity index (χ0v) is 17.8. The third kappa shape index (κ3) is 5.69. The van der Waals surface area contributed by atoms with Gasteiger partial charge in [-0.25, -0.2) is 13.2 Å². The Balaban J connectivity index is 2.25. The van der Waals surface area contributed by atoms with Gasteiger partial charge in [0.15, 0.2) is 0 Å². The van der Waals surface area contributed by atoms with Crippen molar-refractivity contribution >= 4 is 44.3 Å². The van der Waals surface area contributed by atoms with E-state index in [1.807, 2.05) is 27.9 Å². The van der Waals surface area contributed by atoms with Crippen LogP contribution in [0.2, 0.25) is 0 Å². The largest absolute Gasteiger partial charge is 0.478 e. The molecule has 0 saturated heterocycles. The predicted octanol–water partition coefficient (Wildman–Crippen LogP) is 3.43. The molecule has 2 aromatic carbocycles. The van der Waals surface area contributed by atoms with Gasteiger partial charge in [-0.3, -0.25) is 4.79 Å². The number of hydrogen-bond donors (Lipinski definition) is 2. The van der Waals surface area contributed by atoms with Crippen molar-refractivity contribution in [3.63, 3.8) is 0 Å². The number of carbonyl (C=O) groups excluding carboxylic acids is 1. The molecule has 0 fully saturated rings. The monoisotopic (exact) mass is 541 g/mol. The highest BCUT2D eigenvalue weighted by Crippen LogP contribution is 2.26. The lowest BCUT2D eigenvalue weighted by atomic mass is 10.1. The normalized spacial score (nSPS) is 13.0. The van der Waals surface area contributed by atoms with Crippen LogP contribution in [0.1, 0.15) is 22.8 Å². The van der Waals surface area contributed by atoms with Crippen LogP contribution in [0, 0.1) is 3.57 Å². The smallest absolute Gasteiger partial charge is 0.471 e. The molecule has 0 spiro atoms. The standard InChI is InChI=1S/C18H15F3INO5S/c1-10(23-17(26)18(19,20)21)8-11-2-5-13(6-3-11)29(27,28)15-9-12(22)4-7-14(15)16(24)25/h2-7,9-10H,8H2,1H3,(H,23,26)(H,24,25)/t10-/m1/s1. The Bertz CT molecular complexity index is 1040. The van der Waals surface area contributed by atoms with Gasteiger partial charge in [-0.05, 0) is 71.8 Å². The number of amides is 1. The molecule has 2 rings (SSSR count). The topological polar surface area (TPSA) is 101 Å². The van der Waals surface area contributed by atoms with Gasteiger partial charge in [0.2, 0.25) is 9.84 Å². The molecule has 29 heavy (non-hydrogen) atoms. The fourth-order valence-corrected chi connectivity index (χ4v) is 4.71. The summed E-state index contributed by atoms with van der Waals surface area (Å²) in [6, 6.07) is 8.39. The minimum Gasteiger partial charge on any atom is -0.478 e. The molecule has 1 atom stereocenters. The maximum absolute atomic E-state index is 12.9. The van der Waals surface area contributed by atoms with E-state index in [-0.39, 0.29) is 21.8 Å². The second-order valence-corrected chi connectivity index (χ2v) is 9.33. The fourth-order valence-electron chi connectivity index (χ4n) is 2.54. The average molecular weight is 541 g/mol. The summed E-state index contributed by atoms with van der Waals surface area (Å²) in [4.78, 5) is 21.8. The lowest BCUT2D eigenvalue weighted by Crippen LogP contribution is -2.42. The third-order valence-electron chi connectivity index (χ3n) is 3.87. The number of halogens is 4. The van der Waals surface area contributed by atoms with E-state index >= 15 is 0 Å². The molecule has 6 nitrogen and oxygen atoms in total. The van der Waals surface area contributed by atoms with E-state index in [9.17, 15) is 36.3 Å². The molecule has 0 bridgehead atoms. The number of hydrogen-bond acceptors (Lipinski definition) is 4. The maximum atomic E-state index is 12.9. The summed E-state index contributed by atoms with van der Waals surface area (Å²) in [5.41, 5.74) is 0.137. The fraction of sp³-hybridized carbons (Fsp3) is 0.222. The number of carbonyl (C=O) groups is 2. The van der Waals surface area contributed by atoms with E-state index in [0.717, 1.165) is 0 Å². The number of carboxylic acid groups (broad SMARTS) is 1. The maximum Gasteiger partial charge on any atom is 0.471 e. The lowest BCUT2D eigenvalue weighted by Gasteiger charge is -2.15. The first-order valence-electron chi connectivity index (χ1n) is 8.07. The Labute approximate surface area is 178 Å². The van der Waals surface area contributed by atoms with Crippen LogP contribution in [0.15, 0.2) is 52.3 Å². The molecule has 2 aromatic rings. The zero-order chi connectivity index (χ0) is 22.0. The highest BCUT2D eigenvalue weighted by atomic mass is 127. The summed E-state index contributed by atoms with van der Waals surface area (Å²) in [5.74, 6) is -3.44. The van der Waals surface area contributed by atoms with Crippen LogP contribution in [0.3, 0.4) is 0 Å². The van der Waals surface area contributed by atoms with Crippen LogP contribution >= 0.6 is 22.6 Å². The number of rotatable bonds is 6. The van der Waals surface area contributed by atoms with E-state index in [2.05, 4.69) is 0 Å². The van der Waals surface area contributed by atoms with Gasteiger partial charge < -0.3 is 10.4 Å². The van der Waals surface area contributed by atoms with E-state index < -0.39 is 33.9 Å². The van der Waals surface area contributed by atoms with Gasteiger partial charge in [-0.1, -0.05) is 12.1 Å². The molecule has 156 valence electrons. The second kappa shape index (κ2) is 8.69. The van der Waals surface area contributed by atoms with Crippen LogP contribution in [0.25, 0.3) is 0 Å². The number of benzene rings is 2. The van der Waals surface area contributed by atoms with Crippen LogP contribution in [0.5, 0.6) is 0 Å². The SMILES string of the molecule is C[C@H](Cc1ccc(S(=O)(=O)c2cc(I)ccc2C(=O)O)cc1)NC(=O)C(F)(F)F. The Hall–Kier alpha value is -2.15. The summed E-state index contributed by atoms with van der Waals surface area (Å²) in [5, 5.41) is 11.1. The molecule has 2 N–H and O–H groups in total. The first kappa shape index (κ1) is 23.1. The van der Waals surface area contributed by atoms with Gasteiger partial charge in [0.25, 0.3) is 0 Å². The molecular formula is C18H15F3INO5S. The number of carboxylic acids is 1. The van der Waals surface area contributed by atoms with Crippen LogP contribution in [-0.4, -0.2) is 37.6 Å². The van der Waals surface area contributed by atoms with Crippen molar-refractivity contribution in [2.45, 2.75) is 35.4 Å². The molecule has 0 radical (unpaired) electrons. The molecule has 0 aliphatic carbocycles. The summed E-state index contributed by atoms with van der Waals surface area (Å²) < 4.78 is 63.1. The zero-order valence-electron chi connectivity index (χ0n) is 14.8. The van der Waals surface area contributed by atoms with Crippen molar-refractivity contribution in [3.05, 3.63) is 57.2 Å². The van der Waals surface area contributed by atoms with Gasteiger partial charge in [0.05, 0.1) is 15.4 Å². The first-order chi connectivity index (χ1) is 13.3. The van der Waals surface area contributed by atoms with E-state index in [1.54, 1.807) is 0 Å². The lowest BCUT2D eigenvalue weighted by molar-refractivity contribution is -0.174. The summed E-state index contributed by atoms with van der Waals surface area (Å²) in [6.07, 6.45) is -4.94. The Morgan fingerprint density at radius 1 is 1.14 bits per heavy atom. The van der Waals surface area contributed by atoms with Gasteiger partial charge >= 0.3 is 18.1 Å². The highest BCUT2D eigenvalue weighted by molar-refractivity contribution is 14.1. The van der Waals surface area contributed by atoms with Crippen LogP contribution in [0.4, 0.5) is 13.2 Å².